The Labute approximate surface area is 137 Å². The van der Waals surface area contributed by atoms with Gasteiger partial charge in [0.15, 0.2) is 0 Å². The van der Waals surface area contributed by atoms with Crippen molar-refractivity contribution in [2.24, 2.45) is 0 Å². The Balaban J connectivity index is 1.89. The van der Waals surface area contributed by atoms with Crippen LogP contribution >= 0.6 is 0 Å². The van der Waals surface area contributed by atoms with E-state index in [9.17, 15) is 0 Å². The standard InChI is InChI=1S/C21H20O2/c1-22-20-15-9-8-12-18(20)16-21(17-10-4-2-5-11-17)23-19-13-6-3-7-14-19/h2-15,21H,16H2,1H3. The Hall–Kier alpha value is -2.74. The average molecular weight is 304 g/mol. The van der Waals surface area contributed by atoms with Crippen molar-refractivity contribution >= 4 is 0 Å². The molecule has 0 saturated carbocycles. The zero-order valence-corrected chi connectivity index (χ0v) is 13.2. The average Bonchev–Trinajstić information content (AvgIpc) is 2.63. The quantitative estimate of drug-likeness (QED) is 0.634. The van der Waals surface area contributed by atoms with Crippen molar-refractivity contribution in [3.05, 3.63) is 96.1 Å². The number of rotatable bonds is 6. The van der Waals surface area contributed by atoms with Crippen LogP contribution in [0.3, 0.4) is 0 Å². The van der Waals surface area contributed by atoms with E-state index >= 15 is 0 Å². The van der Waals surface area contributed by atoms with Crippen LogP contribution in [0.25, 0.3) is 0 Å². The molecule has 0 aromatic heterocycles. The van der Waals surface area contributed by atoms with Gasteiger partial charge in [0, 0.05) is 6.42 Å². The van der Waals surface area contributed by atoms with Crippen LogP contribution < -0.4 is 9.47 Å². The Morgan fingerprint density at radius 3 is 2.04 bits per heavy atom. The van der Waals surface area contributed by atoms with Gasteiger partial charge in [0.25, 0.3) is 0 Å². The minimum atomic E-state index is -0.0603. The maximum atomic E-state index is 6.25. The molecule has 0 saturated heterocycles. The van der Waals surface area contributed by atoms with Gasteiger partial charge in [-0.15, -0.1) is 0 Å². The molecule has 3 aromatic carbocycles. The van der Waals surface area contributed by atoms with E-state index in [0.29, 0.717) is 0 Å². The van der Waals surface area contributed by atoms with Gasteiger partial charge in [0.05, 0.1) is 7.11 Å². The molecule has 0 aliphatic carbocycles. The Morgan fingerprint density at radius 2 is 1.35 bits per heavy atom. The first-order valence-electron chi connectivity index (χ1n) is 7.75. The van der Waals surface area contributed by atoms with E-state index in [1.165, 1.54) is 0 Å². The highest BCUT2D eigenvalue weighted by atomic mass is 16.5. The van der Waals surface area contributed by atoms with Crippen molar-refractivity contribution in [1.29, 1.82) is 0 Å². The summed E-state index contributed by atoms with van der Waals surface area (Å²) in [4.78, 5) is 0. The third-order valence-corrected chi connectivity index (χ3v) is 3.79. The summed E-state index contributed by atoms with van der Waals surface area (Å²) >= 11 is 0. The molecule has 2 nitrogen and oxygen atoms in total. The predicted octanol–water partition coefficient (Wildman–Crippen LogP) is 5.06. The molecule has 0 aliphatic heterocycles. The molecule has 3 aromatic rings. The van der Waals surface area contributed by atoms with Crippen molar-refractivity contribution in [2.45, 2.75) is 12.5 Å². The summed E-state index contributed by atoms with van der Waals surface area (Å²) in [6.07, 6.45) is 0.693. The number of hydrogen-bond donors (Lipinski definition) is 0. The fourth-order valence-electron chi connectivity index (χ4n) is 2.63. The molecule has 2 heteroatoms. The Bertz CT molecular complexity index is 723. The fraction of sp³-hybridized carbons (Fsp3) is 0.143. The smallest absolute Gasteiger partial charge is 0.128 e. The molecule has 0 amide bonds. The highest BCUT2D eigenvalue weighted by Gasteiger charge is 2.16. The molecular weight excluding hydrogens is 284 g/mol. The molecule has 3 rings (SSSR count). The highest BCUT2D eigenvalue weighted by Crippen LogP contribution is 2.29. The van der Waals surface area contributed by atoms with Gasteiger partial charge in [0.1, 0.15) is 17.6 Å². The van der Waals surface area contributed by atoms with E-state index < -0.39 is 0 Å². The zero-order valence-electron chi connectivity index (χ0n) is 13.2. The zero-order chi connectivity index (χ0) is 15.9. The number of methoxy groups -OCH3 is 1. The number of ether oxygens (including phenoxy) is 2. The second kappa shape index (κ2) is 7.50. The van der Waals surface area contributed by atoms with Crippen LogP contribution in [-0.4, -0.2) is 7.11 Å². The third-order valence-electron chi connectivity index (χ3n) is 3.79. The van der Waals surface area contributed by atoms with Crippen LogP contribution in [0.2, 0.25) is 0 Å². The summed E-state index contributed by atoms with van der Waals surface area (Å²) in [7, 11) is 1.70. The SMILES string of the molecule is COc1ccccc1CC(Oc1ccccc1)c1ccccc1. The van der Waals surface area contributed by atoms with Crippen LogP contribution in [-0.2, 0) is 6.42 Å². The predicted molar refractivity (Wildman–Crippen MR) is 93.0 cm³/mol. The molecule has 0 spiro atoms. The van der Waals surface area contributed by atoms with Gasteiger partial charge < -0.3 is 9.47 Å². The molecule has 1 unspecified atom stereocenters. The molecule has 0 radical (unpaired) electrons. The lowest BCUT2D eigenvalue weighted by Gasteiger charge is -2.21. The lowest BCUT2D eigenvalue weighted by molar-refractivity contribution is 0.204. The van der Waals surface area contributed by atoms with E-state index in [-0.39, 0.29) is 6.10 Å². The molecule has 116 valence electrons. The second-order valence-corrected chi connectivity index (χ2v) is 5.35. The van der Waals surface area contributed by atoms with Gasteiger partial charge in [-0.1, -0.05) is 66.7 Å². The van der Waals surface area contributed by atoms with Gasteiger partial charge in [0.2, 0.25) is 0 Å². The summed E-state index contributed by atoms with van der Waals surface area (Å²) in [5.74, 6) is 1.77. The minimum absolute atomic E-state index is 0.0603. The summed E-state index contributed by atoms with van der Waals surface area (Å²) in [6, 6.07) is 28.3. The first kappa shape index (κ1) is 15.2. The maximum Gasteiger partial charge on any atom is 0.128 e. The van der Waals surface area contributed by atoms with E-state index in [1.54, 1.807) is 7.11 Å². The summed E-state index contributed by atoms with van der Waals surface area (Å²) in [5, 5.41) is 0. The van der Waals surface area contributed by atoms with Gasteiger partial charge >= 0.3 is 0 Å². The largest absolute Gasteiger partial charge is 0.496 e. The number of para-hydroxylation sites is 2. The summed E-state index contributed by atoms with van der Waals surface area (Å²) in [5.41, 5.74) is 2.29. The van der Waals surface area contributed by atoms with E-state index in [2.05, 4.69) is 18.2 Å². The minimum Gasteiger partial charge on any atom is -0.496 e. The highest BCUT2D eigenvalue weighted by molar-refractivity contribution is 5.35. The van der Waals surface area contributed by atoms with Crippen LogP contribution in [0, 0.1) is 0 Å². The van der Waals surface area contributed by atoms with Crippen LogP contribution in [0.1, 0.15) is 17.2 Å². The molecule has 0 N–H and O–H groups in total. The second-order valence-electron chi connectivity index (χ2n) is 5.35. The summed E-state index contributed by atoms with van der Waals surface area (Å²) < 4.78 is 11.7. The first-order chi connectivity index (χ1) is 11.4. The van der Waals surface area contributed by atoms with Gasteiger partial charge in [-0.3, -0.25) is 0 Å². The molecule has 0 fully saturated rings. The topological polar surface area (TPSA) is 18.5 Å². The van der Waals surface area contributed by atoms with E-state index in [0.717, 1.165) is 29.0 Å². The van der Waals surface area contributed by atoms with Crippen molar-refractivity contribution in [3.63, 3.8) is 0 Å². The van der Waals surface area contributed by atoms with Crippen LogP contribution in [0.4, 0.5) is 0 Å². The summed E-state index contributed by atoms with van der Waals surface area (Å²) in [6.45, 7) is 0. The van der Waals surface area contributed by atoms with E-state index in [1.807, 2.05) is 66.7 Å². The molecule has 0 bridgehead atoms. The molecule has 23 heavy (non-hydrogen) atoms. The molecular formula is C21H20O2. The molecule has 1 atom stereocenters. The van der Waals surface area contributed by atoms with Crippen molar-refractivity contribution in [3.8, 4) is 11.5 Å². The van der Waals surface area contributed by atoms with Crippen molar-refractivity contribution in [1.82, 2.24) is 0 Å². The van der Waals surface area contributed by atoms with Crippen molar-refractivity contribution in [2.75, 3.05) is 7.11 Å². The lowest BCUT2D eigenvalue weighted by Crippen LogP contribution is -2.11. The lowest BCUT2D eigenvalue weighted by atomic mass is 10.0. The van der Waals surface area contributed by atoms with Crippen molar-refractivity contribution < 1.29 is 9.47 Å². The third kappa shape index (κ3) is 3.92. The first-order valence-corrected chi connectivity index (χ1v) is 7.75. The van der Waals surface area contributed by atoms with Gasteiger partial charge in [-0.2, -0.15) is 0 Å². The number of hydrogen-bond acceptors (Lipinski definition) is 2. The maximum absolute atomic E-state index is 6.25. The van der Waals surface area contributed by atoms with Crippen LogP contribution in [0.15, 0.2) is 84.9 Å². The fourth-order valence-corrected chi connectivity index (χ4v) is 2.63. The van der Waals surface area contributed by atoms with Crippen LogP contribution in [0.5, 0.6) is 11.5 Å². The normalized spacial score (nSPS) is 11.7. The monoisotopic (exact) mass is 304 g/mol. The Morgan fingerprint density at radius 1 is 0.739 bits per heavy atom. The van der Waals surface area contributed by atoms with Gasteiger partial charge in [-0.25, -0.2) is 0 Å². The van der Waals surface area contributed by atoms with E-state index in [4.69, 9.17) is 9.47 Å². The number of benzene rings is 3. The van der Waals surface area contributed by atoms with Gasteiger partial charge in [-0.05, 0) is 29.3 Å². The Kier molecular flexibility index (Phi) is 4.95. The molecule has 0 aliphatic rings. The molecule has 0 heterocycles.